The van der Waals surface area contributed by atoms with Gasteiger partial charge in [-0.2, -0.15) is 0 Å². The minimum atomic E-state index is -0.772. The number of Topliss-reactive ketones (excluding diaryl/α,β-unsaturated/α-hetero) is 1. The number of hydrogen-bond donors (Lipinski definition) is 1. The van der Waals surface area contributed by atoms with Gasteiger partial charge in [0.2, 0.25) is 0 Å². The summed E-state index contributed by atoms with van der Waals surface area (Å²) in [4.78, 5) is 30.5. The van der Waals surface area contributed by atoms with E-state index in [1.807, 2.05) is 13.0 Å². The van der Waals surface area contributed by atoms with Gasteiger partial charge in [-0.15, -0.1) is 0 Å². The Kier molecular flexibility index (Phi) is 10.2. The highest BCUT2D eigenvalue weighted by Crippen LogP contribution is 2.42. The number of amides is 1. The lowest BCUT2D eigenvalue weighted by atomic mass is 9.94. The number of aliphatic hydroxyl groups is 1. The van der Waals surface area contributed by atoms with Crippen LogP contribution < -0.4 is 14.2 Å². The number of aryl methyl sites for hydroxylation is 1. The zero-order chi connectivity index (χ0) is 27.8. The monoisotopic (exact) mass is 524 g/mol. The number of likely N-dealkylation sites (tertiary alicyclic amines) is 1. The van der Waals surface area contributed by atoms with E-state index in [0.29, 0.717) is 48.1 Å². The fourth-order valence-corrected chi connectivity index (χ4v) is 4.73. The number of benzene rings is 2. The molecule has 0 aliphatic carbocycles. The number of methoxy groups -OCH3 is 2. The van der Waals surface area contributed by atoms with Gasteiger partial charge in [0.15, 0.2) is 11.5 Å². The van der Waals surface area contributed by atoms with Crippen molar-refractivity contribution in [1.29, 1.82) is 0 Å². The Morgan fingerprint density at radius 3 is 2.26 bits per heavy atom. The van der Waals surface area contributed by atoms with Gasteiger partial charge in [0.05, 0.1) is 32.4 Å². The standard InChI is InChI=1S/C30H40N2O6/c1-7-10-17-38-24-14-11-21(19-25(24)37-6)27-26(28(33)22-12-13-23(36-5)20(4)18-22)29(34)30(35)32(27)16-15-31(8-2)9-3/h11-14,18-19,27,33H,7-10,15-17H2,1-6H3. The Labute approximate surface area is 225 Å². The highest BCUT2D eigenvalue weighted by molar-refractivity contribution is 6.46. The molecule has 1 unspecified atom stereocenters. The molecule has 1 amide bonds. The predicted molar refractivity (Wildman–Crippen MR) is 148 cm³/mol. The van der Waals surface area contributed by atoms with E-state index < -0.39 is 17.7 Å². The molecule has 1 aliphatic rings. The van der Waals surface area contributed by atoms with Gasteiger partial charge in [-0.3, -0.25) is 9.59 Å². The summed E-state index contributed by atoms with van der Waals surface area (Å²) in [6.07, 6.45) is 1.92. The molecule has 2 aromatic carbocycles. The van der Waals surface area contributed by atoms with Crippen LogP contribution in [0.4, 0.5) is 0 Å². The van der Waals surface area contributed by atoms with Gasteiger partial charge >= 0.3 is 0 Å². The van der Waals surface area contributed by atoms with Gasteiger partial charge in [0.25, 0.3) is 11.7 Å². The summed E-state index contributed by atoms with van der Waals surface area (Å²) in [7, 11) is 3.13. The number of nitrogens with zero attached hydrogens (tertiary/aromatic N) is 2. The minimum absolute atomic E-state index is 0.0563. The Morgan fingerprint density at radius 1 is 0.974 bits per heavy atom. The van der Waals surface area contributed by atoms with Crippen LogP contribution >= 0.6 is 0 Å². The number of carbonyl (C=O) groups is 2. The topological polar surface area (TPSA) is 88.5 Å². The Balaban J connectivity index is 2.12. The van der Waals surface area contributed by atoms with Crippen molar-refractivity contribution < 1.29 is 28.9 Å². The first kappa shape index (κ1) is 29.0. The molecular formula is C30H40N2O6. The van der Waals surface area contributed by atoms with Gasteiger partial charge in [0, 0.05) is 18.7 Å². The summed E-state index contributed by atoms with van der Waals surface area (Å²) in [5.41, 5.74) is 1.97. The normalized spacial score (nSPS) is 16.8. The average Bonchev–Trinajstić information content (AvgIpc) is 3.18. The quantitative estimate of drug-likeness (QED) is 0.172. The Bertz CT molecular complexity index is 1170. The molecule has 8 nitrogen and oxygen atoms in total. The highest BCUT2D eigenvalue weighted by Gasteiger charge is 2.46. The van der Waals surface area contributed by atoms with E-state index in [2.05, 4.69) is 25.7 Å². The number of aliphatic hydroxyl groups excluding tert-OH is 1. The molecule has 8 heteroatoms. The van der Waals surface area contributed by atoms with Crippen molar-refractivity contribution in [2.45, 2.75) is 46.6 Å². The number of ether oxygens (including phenoxy) is 3. The van der Waals surface area contributed by atoms with Crippen molar-refractivity contribution in [2.75, 3.05) is 47.0 Å². The van der Waals surface area contributed by atoms with E-state index in [4.69, 9.17) is 14.2 Å². The van der Waals surface area contributed by atoms with Gasteiger partial charge in [-0.05, 0) is 67.9 Å². The van der Waals surface area contributed by atoms with Crippen molar-refractivity contribution in [3.05, 3.63) is 58.7 Å². The largest absolute Gasteiger partial charge is 0.507 e. The van der Waals surface area contributed by atoms with Gasteiger partial charge in [0.1, 0.15) is 11.5 Å². The SMILES string of the molecule is CCCCOc1ccc(C2C(=C(O)c3ccc(OC)c(C)c3)C(=O)C(=O)N2CCN(CC)CC)cc1OC. The molecule has 0 saturated carbocycles. The van der Waals surface area contributed by atoms with Crippen molar-refractivity contribution in [3.63, 3.8) is 0 Å². The van der Waals surface area contributed by atoms with E-state index in [1.54, 1.807) is 49.5 Å². The fraction of sp³-hybridized carbons (Fsp3) is 0.467. The number of rotatable bonds is 13. The smallest absolute Gasteiger partial charge is 0.295 e. The van der Waals surface area contributed by atoms with E-state index in [1.165, 1.54) is 0 Å². The third-order valence-electron chi connectivity index (χ3n) is 7.02. The van der Waals surface area contributed by atoms with E-state index in [0.717, 1.165) is 31.5 Å². The molecule has 1 N–H and O–H groups in total. The summed E-state index contributed by atoms with van der Waals surface area (Å²) in [6.45, 7) is 11.2. The van der Waals surface area contributed by atoms with Crippen LogP contribution in [0, 0.1) is 6.92 Å². The van der Waals surface area contributed by atoms with E-state index in [9.17, 15) is 14.7 Å². The van der Waals surface area contributed by atoms with Crippen molar-refractivity contribution in [1.82, 2.24) is 9.80 Å². The lowest BCUT2D eigenvalue weighted by Crippen LogP contribution is -2.38. The lowest BCUT2D eigenvalue weighted by molar-refractivity contribution is -0.140. The average molecular weight is 525 g/mol. The fourth-order valence-electron chi connectivity index (χ4n) is 4.73. The first-order valence-electron chi connectivity index (χ1n) is 13.3. The first-order chi connectivity index (χ1) is 18.3. The maximum absolute atomic E-state index is 13.4. The third kappa shape index (κ3) is 6.13. The summed E-state index contributed by atoms with van der Waals surface area (Å²) in [5.74, 6) is 0.218. The van der Waals surface area contributed by atoms with Crippen LogP contribution in [0.2, 0.25) is 0 Å². The first-order valence-corrected chi connectivity index (χ1v) is 13.3. The minimum Gasteiger partial charge on any atom is -0.507 e. The second-order valence-corrected chi connectivity index (χ2v) is 9.32. The highest BCUT2D eigenvalue weighted by atomic mass is 16.5. The van der Waals surface area contributed by atoms with E-state index in [-0.39, 0.29) is 11.3 Å². The number of likely N-dealkylation sites (N-methyl/N-ethyl adjacent to an activating group) is 1. The van der Waals surface area contributed by atoms with Crippen molar-refractivity contribution >= 4 is 17.4 Å². The van der Waals surface area contributed by atoms with Crippen LogP contribution in [0.25, 0.3) is 5.76 Å². The molecule has 0 spiro atoms. The van der Waals surface area contributed by atoms with Crippen LogP contribution in [0.15, 0.2) is 42.0 Å². The maximum Gasteiger partial charge on any atom is 0.295 e. The van der Waals surface area contributed by atoms with Gasteiger partial charge < -0.3 is 29.1 Å². The second-order valence-electron chi connectivity index (χ2n) is 9.32. The van der Waals surface area contributed by atoms with Crippen molar-refractivity contribution in [3.8, 4) is 17.2 Å². The maximum atomic E-state index is 13.4. The zero-order valence-electron chi connectivity index (χ0n) is 23.4. The molecule has 38 heavy (non-hydrogen) atoms. The molecule has 206 valence electrons. The Morgan fingerprint density at radius 2 is 1.66 bits per heavy atom. The van der Waals surface area contributed by atoms with Crippen LogP contribution in [-0.4, -0.2) is 73.6 Å². The molecule has 0 bridgehead atoms. The molecule has 1 fully saturated rings. The molecule has 0 aromatic heterocycles. The van der Waals surface area contributed by atoms with Crippen LogP contribution in [0.1, 0.15) is 56.3 Å². The molecule has 1 aliphatic heterocycles. The molecule has 3 rings (SSSR count). The second kappa shape index (κ2) is 13.3. The van der Waals surface area contributed by atoms with Gasteiger partial charge in [-0.1, -0.05) is 33.3 Å². The number of hydrogen-bond acceptors (Lipinski definition) is 7. The van der Waals surface area contributed by atoms with Crippen LogP contribution in [-0.2, 0) is 9.59 Å². The summed E-state index contributed by atoms with van der Waals surface area (Å²) < 4.78 is 16.8. The molecule has 1 saturated heterocycles. The summed E-state index contributed by atoms with van der Waals surface area (Å²) >= 11 is 0. The predicted octanol–water partition coefficient (Wildman–Crippen LogP) is 4.95. The number of unbranched alkanes of at least 4 members (excludes halogenated alkanes) is 1. The zero-order valence-corrected chi connectivity index (χ0v) is 23.4. The molecule has 2 aromatic rings. The molecule has 1 heterocycles. The van der Waals surface area contributed by atoms with E-state index >= 15 is 0 Å². The molecule has 1 atom stereocenters. The summed E-state index contributed by atoms with van der Waals surface area (Å²) in [5, 5.41) is 11.4. The van der Waals surface area contributed by atoms with Gasteiger partial charge in [-0.25, -0.2) is 0 Å². The third-order valence-corrected chi connectivity index (χ3v) is 7.02. The number of carbonyl (C=O) groups excluding carboxylic acids is 2. The molecular weight excluding hydrogens is 484 g/mol. The number of ketones is 1. The Hall–Kier alpha value is -3.52. The van der Waals surface area contributed by atoms with Crippen molar-refractivity contribution in [2.24, 2.45) is 0 Å². The molecule has 0 radical (unpaired) electrons. The summed E-state index contributed by atoms with van der Waals surface area (Å²) in [6, 6.07) is 9.82. The van der Waals surface area contributed by atoms with Crippen LogP contribution in [0.3, 0.4) is 0 Å². The van der Waals surface area contributed by atoms with Crippen LogP contribution in [0.5, 0.6) is 17.2 Å². The lowest BCUT2D eigenvalue weighted by Gasteiger charge is -2.28.